The number of piperazine rings is 1. The van der Waals surface area contributed by atoms with Crippen LogP contribution in [0.2, 0.25) is 0 Å². The summed E-state index contributed by atoms with van der Waals surface area (Å²) >= 11 is 0. The van der Waals surface area contributed by atoms with Crippen molar-refractivity contribution >= 4 is 27.1 Å². The van der Waals surface area contributed by atoms with Crippen LogP contribution in [0.15, 0.2) is 41.3 Å². The first-order chi connectivity index (χ1) is 16.2. The third-order valence-corrected chi connectivity index (χ3v) is 7.61. The minimum atomic E-state index is -3.50. The lowest BCUT2D eigenvalue weighted by atomic mass is 10.1. The Kier molecular flexibility index (Phi) is 6.77. The normalized spacial score (nSPS) is 18.8. The number of nitrogens with zero attached hydrogens (tertiary/aromatic N) is 4. The average Bonchev–Trinajstić information content (AvgIpc) is 3.32. The van der Waals surface area contributed by atoms with Gasteiger partial charge in [0.1, 0.15) is 5.82 Å². The zero-order chi connectivity index (χ0) is 24.5. The molecule has 8 nitrogen and oxygen atoms in total. The zero-order valence-corrected chi connectivity index (χ0v) is 19.8. The van der Waals surface area contributed by atoms with Gasteiger partial charge in [0, 0.05) is 63.7 Å². The van der Waals surface area contributed by atoms with Crippen molar-refractivity contribution < 1.29 is 22.7 Å². The summed E-state index contributed by atoms with van der Waals surface area (Å²) in [4.78, 5) is 19.1. The molecule has 34 heavy (non-hydrogen) atoms. The van der Waals surface area contributed by atoms with Gasteiger partial charge in [0.25, 0.3) is 5.91 Å². The Labute approximate surface area is 198 Å². The van der Waals surface area contributed by atoms with Gasteiger partial charge in [0.05, 0.1) is 27.8 Å². The van der Waals surface area contributed by atoms with Gasteiger partial charge >= 0.3 is 0 Å². The first kappa shape index (κ1) is 24.0. The van der Waals surface area contributed by atoms with Gasteiger partial charge in [-0.15, -0.1) is 0 Å². The summed E-state index contributed by atoms with van der Waals surface area (Å²) in [6.07, 6.45) is 1.91. The Bertz CT molecular complexity index is 1240. The summed E-state index contributed by atoms with van der Waals surface area (Å²) in [7, 11) is -3.50. The number of hydrogen-bond acceptors (Lipinski definition) is 7. The van der Waals surface area contributed by atoms with Crippen LogP contribution in [0.5, 0.6) is 0 Å². The highest BCUT2D eigenvalue weighted by Gasteiger charge is 2.30. The molecule has 2 aliphatic rings. The first-order valence-corrected chi connectivity index (χ1v) is 13.0. The molecule has 2 aliphatic heterocycles. The third-order valence-electron chi connectivity index (χ3n) is 6.50. The predicted octanol–water partition coefficient (Wildman–Crippen LogP) is 1.88. The maximum absolute atomic E-state index is 14.4. The SMILES string of the molecule is CS(=O)(=O)c1ccc(N2CCC(CO)C2)c(C(=O)N2CCN(c3ccc(C#N)cc3F)CC2)c1. The molecule has 1 amide bonds. The van der Waals surface area contributed by atoms with Crippen molar-refractivity contribution in [2.24, 2.45) is 5.92 Å². The number of anilines is 2. The van der Waals surface area contributed by atoms with E-state index in [0.29, 0.717) is 56.2 Å². The van der Waals surface area contributed by atoms with Crippen LogP contribution in [0.4, 0.5) is 15.8 Å². The molecule has 2 aromatic rings. The number of nitriles is 1. The van der Waals surface area contributed by atoms with Gasteiger partial charge in [-0.3, -0.25) is 4.79 Å². The molecule has 1 unspecified atom stereocenters. The zero-order valence-electron chi connectivity index (χ0n) is 18.9. The molecule has 2 heterocycles. The summed E-state index contributed by atoms with van der Waals surface area (Å²) in [6.45, 7) is 2.85. The van der Waals surface area contributed by atoms with E-state index in [0.717, 1.165) is 12.7 Å². The van der Waals surface area contributed by atoms with Crippen LogP contribution in [0.1, 0.15) is 22.3 Å². The fourth-order valence-corrected chi connectivity index (χ4v) is 5.19. The molecule has 0 bridgehead atoms. The molecule has 0 saturated carbocycles. The van der Waals surface area contributed by atoms with Crippen molar-refractivity contribution in [1.82, 2.24) is 4.90 Å². The van der Waals surface area contributed by atoms with Crippen LogP contribution in [-0.2, 0) is 9.84 Å². The topological polar surface area (TPSA) is 105 Å². The van der Waals surface area contributed by atoms with Crippen LogP contribution in [0, 0.1) is 23.1 Å². The number of carbonyl (C=O) groups excluding carboxylic acids is 1. The molecule has 1 N–H and O–H groups in total. The molecule has 2 fully saturated rings. The van der Waals surface area contributed by atoms with E-state index in [2.05, 4.69) is 0 Å². The van der Waals surface area contributed by atoms with Crippen molar-refractivity contribution in [3.63, 3.8) is 0 Å². The molecule has 0 radical (unpaired) electrons. The molecule has 180 valence electrons. The summed E-state index contributed by atoms with van der Waals surface area (Å²) in [6, 6.07) is 10.9. The monoisotopic (exact) mass is 486 g/mol. The number of sulfone groups is 1. The number of aliphatic hydroxyl groups is 1. The molecule has 2 saturated heterocycles. The minimum Gasteiger partial charge on any atom is -0.396 e. The quantitative estimate of drug-likeness (QED) is 0.688. The van der Waals surface area contributed by atoms with Gasteiger partial charge in [-0.05, 0) is 42.8 Å². The number of hydrogen-bond donors (Lipinski definition) is 1. The van der Waals surface area contributed by atoms with Crippen LogP contribution >= 0.6 is 0 Å². The van der Waals surface area contributed by atoms with Gasteiger partial charge < -0.3 is 19.8 Å². The maximum atomic E-state index is 14.4. The Morgan fingerprint density at radius 1 is 1.09 bits per heavy atom. The van der Waals surface area contributed by atoms with Gasteiger partial charge in [0.2, 0.25) is 0 Å². The van der Waals surface area contributed by atoms with E-state index in [4.69, 9.17) is 5.26 Å². The number of rotatable bonds is 5. The predicted molar refractivity (Wildman–Crippen MR) is 126 cm³/mol. The number of benzene rings is 2. The average molecular weight is 487 g/mol. The lowest BCUT2D eigenvalue weighted by molar-refractivity contribution is 0.0747. The maximum Gasteiger partial charge on any atom is 0.256 e. The fourth-order valence-electron chi connectivity index (χ4n) is 4.55. The Morgan fingerprint density at radius 3 is 2.38 bits per heavy atom. The fraction of sp³-hybridized carbons (Fsp3) is 0.417. The van der Waals surface area contributed by atoms with E-state index in [9.17, 15) is 22.7 Å². The lowest BCUT2D eigenvalue weighted by Crippen LogP contribution is -2.49. The van der Waals surface area contributed by atoms with Gasteiger partial charge in [-0.25, -0.2) is 12.8 Å². The Hall–Kier alpha value is -3.16. The van der Waals surface area contributed by atoms with Crippen LogP contribution < -0.4 is 9.80 Å². The van der Waals surface area contributed by atoms with Crippen molar-refractivity contribution in [3.05, 3.63) is 53.3 Å². The molecule has 0 aliphatic carbocycles. The second-order valence-electron chi connectivity index (χ2n) is 8.79. The number of aliphatic hydroxyl groups excluding tert-OH is 1. The van der Waals surface area contributed by atoms with E-state index >= 15 is 0 Å². The minimum absolute atomic E-state index is 0.0646. The number of halogens is 1. The highest BCUT2D eigenvalue weighted by molar-refractivity contribution is 7.90. The molecule has 0 aromatic heterocycles. The third kappa shape index (κ3) is 4.86. The first-order valence-electron chi connectivity index (χ1n) is 11.1. The molecular weight excluding hydrogens is 459 g/mol. The molecule has 4 rings (SSSR count). The van der Waals surface area contributed by atoms with Crippen molar-refractivity contribution in [2.75, 3.05) is 61.9 Å². The van der Waals surface area contributed by atoms with Crippen molar-refractivity contribution in [3.8, 4) is 6.07 Å². The molecule has 10 heteroatoms. The molecule has 2 aromatic carbocycles. The number of carbonyl (C=O) groups is 1. The van der Waals surface area contributed by atoms with Crippen LogP contribution in [0.25, 0.3) is 0 Å². The Balaban J connectivity index is 1.56. The summed E-state index contributed by atoms with van der Waals surface area (Å²) in [5, 5.41) is 18.4. The van der Waals surface area contributed by atoms with E-state index in [1.54, 1.807) is 23.1 Å². The Morgan fingerprint density at radius 2 is 1.79 bits per heavy atom. The largest absolute Gasteiger partial charge is 0.396 e. The van der Waals surface area contributed by atoms with Gasteiger partial charge in [-0.1, -0.05) is 0 Å². The summed E-state index contributed by atoms with van der Waals surface area (Å²) in [5.41, 5.74) is 1.62. The highest BCUT2D eigenvalue weighted by Crippen LogP contribution is 2.31. The summed E-state index contributed by atoms with van der Waals surface area (Å²) < 4.78 is 38.7. The second kappa shape index (κ2) is 9.60. The van der Waals surface area contributed by atoms with Crippen LogP contribution in [-0.4, -0.2) is 76.5 Å². The molecule has 1 atom stereocenters. The van der Waals surface area contributed by atoms with E-state index in [1.165, 1.54) is 18.2 Å². The molecule has 0 spiro atoms. The highest BCUT2D eigenvalue weighted by atomic mass is 32.2. The summed E-state index contributed by atoms with van der Waals surface area (Å²) in [5.74, 6) is -0.634. The standard InChI is InChI=1S/C24H27FN4O4S/c1-34(32,33)19-3-5-22(29-7-6-18(15-29)16-30)20(13-19)24(31)28-10-8-27(9-11-28)23-4-2-17(14-26)12-21(23)25/h2-5,12-13,18,30H,6-11,15-16H2,1H3. The smallest absolute Gasteiger partial charge is 0.256 e. The van der Waals surface area contributed by atoms with Crippen molar-refractivity contribution in [1.29, 1.82) is 5.26 Å². The van der Waals surface area contributed by atoms with Crippen LogP contribution in [0.3, 0.4) is 0 Å². The van der Waals surface area contributed by atoms with Gasteiger partial charge in [-0.2, -0.15) is 5.26 Å². The van der Waals surface area contributed by atoms with E-state index < -0.39 is 15.7 Å². The number of amides is 1. The second-order valence-corrected chi connectivity index (χ2v) is 10.8. The van der Waals surface area contributed by atoms with E-state index in [-0.39, 0.29) is 28.9 Å². The van der Waals surface area contributed by atoms with Crippen molar-refractivity contribution in [2.45, 2.75) is 11.3 Å². The lowest BCUT2D eigenvalue weighted by Gasteiger charge is -2.37. The molecular formula is C24H27FN4O4S. The van der Waals surface area contributed by atoms with E-state index in [1.807, 2.05) is 15.9 Å². The van der Waals surface area contributed by atoms with Gasteiger partial charge in [0.15, 0.2) is 9.84 Å².